The Morgan fingerprint density at radius 2 is 1.89 bits per heavy atom. The summed E-state index contributed by atoms with van der Waals surface area (Å²) in [7, 11) is 1.57. The third-order valence-electron chi connectivity index (χ3n) is 7.58. The van der Waals surface area contributed by atoms with E-state index in [4.69, 9.17) is 14.2 Å². The normalized spacial score (nSPS) is 32.1. The minimum absolute atomic E-state index is 0.114. The van der Waals surface area contributed by atoms with Gasteiger partial charge in [-0.1, -0.05) is 32.1 Å². The van der Waals surface area contributed by atoms with Crippen molar-refractivity contribution in [3.63, 3.8) is 0 Å². The first kappa shape index (κ1) is 24.5. The molecule has 36 heavy (non-hydrogen) atoms. The van der Waals surface area contributed by atoms with Crippen LogP contribution in [0.25, 0.3) is 0 Å². The molecule has 2 fully saturated rings. The average molecular weight is 497 g/mol. The number of aliphatic hydroxyl groups excluding tert-OH is 1. The fourth-order valence-electron chi connectivity index (χ4n) is 6.12. The van der Waals surface area contributed by atoms with Gasteiger partial charge in [-0.3, -0.25) is 14.4 Å². The molecule has 1 aromatic rings. The SMILES string of the molecule is COc1ccc(N2CC=C[C@]34O[C@@H]5C=CCOC(=O)[C@@H]5[C@H]3C(=O)N([C@@H](CO)CC(C)C)C4C2=O)cc1. The van der Waals surface area contributed by atoms with Gasteiger partial charge in [0.2, 0.25) is 5.91 Å². The molecule has 0 bridgehead atoms. The summed E-state index contributed by atoms with van der Waals surface area (Å²) in [6.07, 6.45) is 6.88. The van der Waals surface area contributed by atoms with E-state index >= 15 is 0 Å². The topological polar surface area (TPSA) is 106 Å². The number of esters is 1. The third-order valence-corrected chi connectivity index (χ3v) is 7.58. The summed E-state index contributed by atoms with van der Waals surface area (Å²) >= 11 is 0. The van der Waals surface area contributed by atoms with E-state index in [0.29, 0.717) is 17.9 Å². The molecule has 4 aliphatic rings. The van der Waals surface area contributed by atoms with Gasteiger partial charge in [0.05, 0.1) is 31.8 Å². The van der Waals surface area contributed by atoms with Crippen LogP contribution < -0.4 is 9.64 Å². The van der Waals surface area contributed by atoms with Crippen LogP contribution in [0.15, 0.2) is 48.6 Å². The zero-order chi connectivity index (χ0) is 25.6. The summed E-state index contributed by atoms with van der Waals surface area (Å²) in [5, 5.41) is 10.3. The number of cyclic esters (lactones) is 1. The highest BCUT2D eigenvalue weighted by atomic mass is 16.6. The zero-order valence-electron chi connectivity index (χ0n) is 20.7. The summed E-state index contributed by atoms with van der Waals surface area (Å²) in [4.78, 5) is 44.5. The maximum Gasteiger partial charge on any atom is 0.313 e. The van der Waals surface area contributed by atoms with Crippen LogP contribution in [0.5, 0.6) is 5.75 Å². The summed E-state index contributed by atoms with van der Waals surface area (Å²) in [6.45, 7) is 4.08. The number of aliphatic hydroxyl groups is 1. The van der Waals surface area contributed by atoms with Gasteiger partial charge in [-0.25, -0.2) is 0 Å². The van der Waals surface area contributed by atoms with Crippen LogP contribution >= 0.6 is 0 Å². The summed E-state index contributed by atoms with van der Waals surface area (Å²) in [5.41, 5.74) is -0.704. The Morgan fingerprint density at radius 1 is 1.14 bits per heavy atom. The van der Waals surface area contributed by atoms with Gasteiger partial charge in [0.15, 0.2) is 0 Å². The summed E-state index contributed by atoms with van der Waals surface area (Å²) in [6, 6.07) is 5.48. The Labute approximate surface area is 210 Å². The van der Waals surface area contributed by atoms with Gasteiger partial charge in [0.1, 0.15) is 29.9 Å². The van der Waals surface area contributed by atoms with E-state index in [9.17, 15) is 19.5 Å². The number of hydrogen-bond acceptors (Lipinski definition) is 7. The van der Waals surface area contributed by atoms with Gasteiger partial charge < -0.3 is 29.1 Å². The molecule has 0 radical (unpaired) electrons. The van der Waals surface area contributed by atoms with E-state index < -0.39 is 41.6 Å². The van der Waals surface area contributed by atoms with Gasteiger partial charge in [-0.2, -0.15) is 0 Å². The predicted molar refractivity (Wildman–Crippen MR) is 130 cm³/mol. The molecule has 2 saturated heterocycles. The van der Waals surface area contributed by atoms with Crippen LogP contribution in [0.4, 0.5) is 5.69 Å². The fraction of sp³-hybridized carbons (Fsp3) is 0.519. The number of amides is 2. The number of likely N-dealkylation sites (tertiary alicyclic amines) is 1. The van der Waals surface area contributed by atoms with Crippen molar-refractivity contribution in [1.82, 2.24) is 4.90 Å². The molecule has 0 aromatic heterocycles. The molecular weight excluding hydrogens is 464 g/mol. The van der Waals surface area contributed by atoms with Crippen molar-refractivity contribution < 1.29 is 33.7 Å². The minimum atomic E-state index is -1.35. The fourth-order valence-corrected chi connectivity index (χ4v) is 6.12. The lowest BCUT2D eigenvalue weighted by atomic mass is 9.78. The van der Waals surface area contributed by atoms with Crippen molar-refractivity contribution in [2.45, 2.75) is 44.1 Å². The van der Waals surface area contributed by atoms with Gasteiger partial charge in [-0.05, 0) is 42.7 Å². The Morgan fingerprint density at radius 3 is 2.56 bits per heavy atom. The number of ether oxygens (including phenoxy) is 3. The number of nitrogens with zero attached hydrogens (tertiary/aromatic N) is 2. The molecule has 1 spiro atoms. The molecule has 1 aromatic carbocycles. The van der Waals surface area contributed by atoms with E-state index in [1.807, 2.05) is 19.9 Å². The van der Waals surface area contributed by atoms with Crippen LogP contribution in [0.2, 0.25) is 0 Å². The Kier molecular flexibility index (Phi) is 6.38. The number of benzene rings is 1. The molecule has 1 unspecified atom stereocenters. The lowest BCUT2D eigenvalue weighted by Gasteiger charge is -2.39. The first-order chi connectivity index (χ1) is 17.3. The van der Waals surface area contributed by atoms with Gasteiger partial charge in [0.25, 0.3) is 5.91 Å². The summed E-state index contributed by atoms with van der Waals surface area (Å²) in [5.74, 6) is -2.17. The van der Waals surface area contributed by atoms with E-state index in [0.717, 1.165) is 0 Å². The van der Waals surface area contributed by atoms with Crippen molar-refractivity contribution in [2.75, 3.05) is 31.8 Å². The van der Waals surface area contributed by atoms with Crippen LogP contribution in [0, 0.1) is 17.8 Å². The number of methoxy groups -OCH3 is 1. The molecule has 0 aliphatic carbocycles. The zero-order valence-corrected chi connectivity index (χ0v) is 20.7. The molecule has 4 heterocycles. The van der Waals surface area contributed by atoms with Crippen LogP contribution in [0.1, 0.15) is 20.3 Å². The largest absolute Gasteiger partial charge is 0.497 e. The smallest absolute Gasteiger partial charge is 0.313 e. The molecule has 6 atom stereocenters. The minimum Gasteiger partial charge on any atom is -0.497 e. The quantitative estimate of drug-likeness (QED) is 0.472. The average Bonchev–Trinajstić information content (AvgIpc) is 3.17. The molecule has 0 saturated carbocycles. The highest BCUT2D eigenvalue weighted by Crippen LogP contribution is 2.54. The Bertz CT molecular complexity index is 1100. The summed E-state index contributed by atoms with van der Waals surface area (Å²) < 4.78 is 17.1. The van der Waals surface area contributed by atoms with Crippen molar-refractivity contribution in [3.8, 4) is 5.75 Å². The van der Waals surface area contributed by atoms with Crippen LogP contribution in [-0.2, 0) is 23.9 Å². The standard InChI is InChI=1S/C27H32N2O7/c1-16(2)14-18(15-30)29-23-25(32)28(17-7-9-19(34-3)10-8-17)12-5-11-27(23)22(24(29)31)21-20(36-27)6-4-13-35-26(21)33/h4-11,16,18,20-23,30H,12-15H2,1-3H3/t18-,20-,21+,22+,23?,27+/m1/s1. The van der Waals surface area contributed by atoms with Crippen LogP contribution in [-0.4, -0.2) is 78.4 Å². The van der Waals surface area contributed by atoms with E-state index in [1.54, 1.807) is 54.5 Å². The molecule has 192 valence electrons. The lowest BCUT2D eigenvalue weighted by molar-refractivity contribution is -0.153. The first-order valence-electron chi connectivity index (χ1n) is 12.4. The van der Waals surface area contributed by atoms with Crippen LogP contribution in [0.3, 0.4) is 0 Å². The first-order valence-corrected chi connectivity index (χ1v) is 12.4. The van der Waals surface area contributed by atoms with Crippen molar-refractivity contribution >= 4 is 23.5 Å². The van der Waals surface area contributed by atoms with Crippen molar-refractivity contribution in [3.05, 3.63) is 48.6 Å². The second kappa shape index (κ2) is 9.37. The number of fused-ring (bicyclic) bond motifs is 2. The molecule has 5 rings (SSSR count). The molecule has 4 aliphatic heterocycles. The van der Waals surface area contributed by atoms with Crippen molar-refractivity contribution in [2.24, 2.45) is 17.8 Å². The monoisotopic (exact) mass is 496 g/mol. The second-order valence-corrected chi connectivity index (χ2v) is 10.2. The second-order valence-electron chi connectivity index (χ2n) is 10.2. The van der Waals surface area contributed by atoms with Gasteiger partial charge in [0, 0.05) is 12.2 Å². The van der Waals surface area contributed by atoms with E-state index in [1.165, 1.54) is 4.90 Å². The Hall–Kier alpha value is -3.17. The third kappa shape index (κ3) is 3.72. The highest BCUT2D eigenvalue weighted by Gasteiger charge is 2.72. The number of anilines is 1. The number of rotatable bonds is 6. The van der Waals surface area contributed by atoms with Gasteiger partial charge >= 0.3 is 5.97 Å². The molecule has 9 nitrogen and oxygen atoms in total. The lowest BCUT2D eigenvalue weighted by Crippen LogP contribution is -2.58. The number of carbonyl (C=O) groups is 3. The number of hydrogen-bond donors (Lipinski definition) is 1. The Balaban J connectivity index is 1.62. The van der Waals surface area contributed by atoms with E-state index in [-0.39, 0.29) is 37.5 Å². The van der Waals surface area contributed by atoms with E-state index in [2.05, 4.69) is 0 Å². The molecule has 2 amide bonds. The highest BCUT2D eigenvalue weighted by molar-refractivity contribution is 6.05. The van der Waals surface area contributed by atoms with Crippen molar-refractivity contribution in [1.29, 1.82) is 0 Å². The molecule has 9 heteroatoms. The maximum atomic E-state index is 14.3. The maximum absolute atomic E-state index is 14.3. The van der Waals surface area contributed by atoms with Gasteiger partial charge in [-0.15, -0.1) is 0 Å². The molecular formula is C27H32N2O7. The molecule has 1 N–H and O–H groups in total. The predicted octanol–water partition coefficient (Wildman–Crippen LogP) is 1.70. The number of carbonyl (C=O) groups excluding carboxylic acids is 3.